The van der Waals surface area contributed by atoms with Crippen LogP contribution >= 0.6 is 0 Å². The molecule has 4 nitrogen and oxygen atoms in total. The van der Waals surface area contributed by atoms with E-state index >= 15 is 0 Å². The fourth-order valence-corrected chi connectivity index (χ4v) is 0.889. The molecule has 0 aromatic carbocycles. The maximum absolute atomic E-state index is 4.81. The Balaban J connectivity index is 2.76. The molecule has 1 aliphatic carbocycles. The summed E-state index contributed by atoms with van der Waals surface area (Å²) < 4.78 is 4.81. The molecular formula is C6H5N3O. The van der Waals surface area contributed by atoms with Crippen molar-refractivity contribution in [2.75, 3.05) is 0 Å². The summed E-state index contributed by atoms with van der Waals surface area (Å²) in [4.78, 5) is 0. The van der Waals surface area contributed by atoms with Crippen molar-refractivity contribution in [1.29, 1.82) is 0 Å². The van der Waals surface area contributed by atoms with Crippen LogP contribution in [0.1, 0.15) is 5.56 Å². The number of aryl methyl sites for hydroxylation is 1. The monoisotopic (exact) mass is 135 g/mol. The van der Waals surface area contributed by atoms with Crippen LogP contribution in [0, 0.1) is 6.92 Å². The van der Waals surface area contributed by atoms with Crippen molar-refractivity contribution in [2.45, 2.75) is 6.92 Å². The number of nitrogens with zero attached hydrogens (tertiary/aromatic N) is 3. The zero-order valence-corrected chi connectivity index (χ0v) is 5.40. The third-order valence-electron chi connectivity index (χ3n) is 1.30. The second kappa shape index (κ2) is 1.76. The molecule has 0 atom stereocenters. The summed E-state index contributed by atoms with van der Waals surface area (Å²) in [5.74, 6) is 0.688. The first kappa shape index (κ1) is 5.34. The fourth-order valence-electron chi connectivity index (χ4n) is 0.889. The van der Waals surface area contributed by atoms with Crippen LogP contribution in [0.15, 0.2) is 16.7 Å². The first-order valence-corrected chi connectivity index (χ1v) is 2.92. The molecule has 2 aliphatic rings. The van der Waals surface area contributed by atoms with Crippen LogP contribution in [-0.2, 0) is 0 Å². The lowest BCUT2D eigenvalue weighted by atomic mass is 10.4. The average molecular weight is 135 g/mol. The average Bonchev–Trinajstić information content (AvgIpc) is 2.27. The largest absolute Gasteiger partial charge is 0.336 e. The van der Waals surface area contributed by atoms with Gasteiger partial charge in [0.1, 0.15) is 5.69 Å². The second-order valence-corrected chi connectivity index (χ2v) is 2.14. The lowest BCUT2D eigenvalue weighted by molar-refractivity contribution is 0.353. The van der Waals surface area contributed by atoms with Gasteiger partial charge in [0.15, 0.2) is 5.76 Å². The molecule has 2 rings (SSSR count). The summed E-state index contributed by atoms with van der Waals surface area (Å²) in [7, 11) is 0. The van der Waals surface area contributed by atoms with Crippen LogP contribution in [0.2, 0.25) is 0 Å². The highest BCUT2D eigenvalue weighted by Crippen LogP contribution is 2.20. The normalized spacial score (nSPS) is 10.5. The first-order chi connectivity index (χ1) is 4.86. The summed E-state index contributed by atoms with van der Waals surface area (Å²) in [6.45, 7) is 1.97. The van der Waals surface area contributed by atoms with Gasteiger partial charge in [0.05, 0.1) is 5.27 Å². The standard InChI is InChI=1S/C6H5N3O/c1-4-2-5-6(3-4)10-9-8-7-5/h2-3H,1H3. The molecule has 0 fully saturated rings. The SMILES string of the molecule is Cc1cc2nnnoc-2c1. The number of rotatable bonds is 0. The molecule has 0 aromatic rings. The van der Waals surface area contributed by atoms with Crippen molar-refractivity contribution in [3.8, 4) is 11.5 Å². The highest BCUT2D eigenvalue weighted by molar-refractivity contribution is 5.56. The molecule has 0 spiro atoms. The Hall–Kier alpha value is -1.45. The Bertz CT molecular complexity index is 287. The van der Waals surface area contributed by atoms with E-state index in [0.29, 0.717) is 5.76 Å². The summed E-state index contributed by atoms with van der Waals surface area (Å²) in [6.07, 6.45) is 0. The number of aromatic nitrogens is 3. The van der Waals surface area contributed by atoms with Gasteiger partial charge in [0.25, 0.3) is 0 Å². The maximum atomic E-state index is 4.81. The van der Waals surface area contributed by atoms with Gasteiger partial charge >= 0.3 is 0 Å². The molecule has 0 amide bonds. The Morgan fingerprint density at radius 3 is 3.10 bits per heavy atom. The Kier molecular flexibility index (Phi) is 0.943. The summed E-state index contributed by atoms with van der Waals surface area (Å²) >= 11 is 0. The van der Waals surface area contributed by atoms with E-state index < -0.39 is 0 Å². The quantitative estimate of drug-likeness (QED) is 0.538. The van der Waals surface area contributed by atoms with Crippen LogP contribution in [0.25, 0.3) is 11.5 Å². The smallest absolute Gasteiger partial charge is 0.187 e. The lowest BCUT2D eigenvalue weighted by Gasteiger charge is -1.86. The Morgan fingerprint density at radius 2 is 2.30 bits per heavy atom. The van der Waals surface area contributed by atoms with Crippen molar-refractivity contribution < 1.29 is 4.52 Å². The van der Waals surface area contributed by atoms with Gasteiger partial charge in [-0.25, -0.2) is 0 Å². The van der Waals surface area contributed by atoms with Gasteiger partial charge in [-0.05, 0) is 29.8 Å². The van der Waals surface area contributed by atoms with Crippen molar-refractivity contribution in [2.24, 2.45) is 0 Å². The number of fused-ring (bicyclic) bond motifs is 1. The maximum Gasteiger partial charge on any atom is 0.187 e. The molecule has 4 heteroatoms. The van der Waals surface area contributed by atoms with Gasteiger partial charge in [-0.3, -0.25) is 0 Å². The van der Waals surface area contributed by atoms with E-state index in [2.05, 4.69) is 15.6 Å². The van der Waals surface area contributed by atoms with Crippen LogP contribution in [0.3, 0.4) is 0 Å². The topological polar surface area (TPSA) is 51.8 Å². The van der Waals surface area contributed by atoms with Crippen LogP contribution in [-0.4, -0.2) is 15.6 Å². The molecule has 0 bridgehead atoms. The third-order valence-corrected chi connectivity index (χ3v) is 1.30. The summed E-state index contributed by atoms with van der Waals surface area (Å²) in [6, 6.07) is 3.77. The van der Waals surface area contributed by atoms with Crippen molar-refractivity contribution in [3.63, 3.8) is 0 Å². The van der Waals surface area contributed by atoms with Crippen LogP contribution < -0.4 is 0 Å². The van der Waals surface area contributed by atoms with E-state index in [1.165, 1.54) is 0 Å². The molecular weight excluding hydrogens is 130 g/mol. The number of hydrogen-bond acceptors (Lipinski definition) is 4. The zero-order valence-electron chi connectivity index (χ0n) is 5.40. The van der Waals surface area contributed by atoms with E-state index in [0.717, 1.165) is 11.3 Å². The molecule has 50 valence electrons. The van der Waals surface area contributed by atoms with Crippen molar-refractivity contribution in [3.05, 3.63) is 17.7 Å². The highest BCUT2D eigenvalue weighted by Gasteiger charge is 2.07. The van der Waals surface area contributed by atoms with Gasteiger partial charge < -0.3 is 4.52 Å². The zero-order chi connectivity index (χ0) is 6.97. The second-order valence-electron chi connectivity index (χ2n) is 2.14. The van der Waals surface area contributed by atoms with E-state index in [1.807, 2.05) is 19.1 Å². The lowest BCUT2D eigenvalue weighted by Crippen LogP contribution is -1.87. The molecule has 0 saturated heterocycles. The van der Waals surface area contributed by atoms with E-state index in [4.69, 9.17) is 4.52 Å². The van der Waals surface area contributed by atoms with Gasteiger partial charge in [-0.15, -0.1) is 5.10 Å². The van der Waals surface area contributed by atoms with Gasteiger partial charge in [0.2, 0.25) is 0 Å². The third kappa shape index (κ3) is 0.655. The van der Waals surface area contributed by atoms with Crippen LogP contribution in [0.5, 0.6) is 0 Å². The number of hydrogen-bond donors (Lipinski definition) is 0. The van der Waals surface area contributed by atoms with E-state index in [9.17, 15) is 0 Å². The van der Waals surface area contributed by atoms with Gasteiger partial charge in [0, 0.05) is 0 Å². The minimum Gasteiger partial charge on any atom is -0.336 e. The molecule has 0 radical (unpaired) electrons. The molecule has 10 heavy (non-hydrogen) atoms. The minimum absolute atomic E-state index is 0.688. The first-order valence-electron chi connectivity index (χ1n) is 2.92. The molecule has 0 aromatic heterocycles. The molecule has 0 saturated carbocycles. The Morgan fingerprint density at radius 1 is 1.40 bits per heavy atom. The molecule has 0 unspecified atom stereocenters. The minimum atomic E-state index is 0.688. The molecule has 1 heterocycles. The predicted molar refractivity (Wildman–Crippen MR) is 33.5 cm³/mol. The van der Waals surface area contributed by atoms with E-state index in [-0.39, 0.29) is 0 Å². The summed E-state index contributed by atoms with van der Waals surface area (Å²) in [5, 5.41) is 10.4. The van der Waals surface area contributed by atoms with Crippen LogP contribution in [0.4, 0.5) is 0 Å². The van der Waals surface area contributed by atoms with Gasteiger partial charge in [-0.1, -0.05) is 0 Å². The van der Waals surface area contributed by atoms with Crippen molar-refractivity contribution >= 4 is 0 Å². The highest BCUT2D eigenvalue weighted by atomic mass is 16.5. The molecule has 1 aliphatic heterocycles. The Labute approximate surface area is 57.2 Å². The van der Waals surface area contributed by atoms with Crippen molar-refractivity contribution in [1.82, 2.24) is 15.6 Å². The summed E-state index contributed by atoms with van der Waals surface area (Å²) in [5.41, 5.74) is 1.87. The predicted octanol–water partition coefficient (Wildman–Crippen LogP) is 0.878. The van der Waals surface area contributed by atoms with E-state index in [1.54, 1.807) is 0 Å². The fraction of sp³-hybridized carbons (Fsp3) is 0.167. The van der Waals surface area contributed by atoms with Gasteiger partial charge in [-0.2, -0.15) is 0 Å². The molecule has 0 N–H and O–H groups in total.